The van der Waals surface area contributed by atoms with E-state index in [-0.39, 0.29) is 4.88 Å². The molecule has 1 heterocycles. The molecule has 0 saturated heterocycles. The van der Waals surface area contributed by atoms with E-state index in [4.69, 9.17) is 5.11 Å². The van der Waals surface area contributed by atoms with Crippen LogP contribution in [0.5, 0.6) is 0 Å². The zero-order chi connectivity index (χ0) is 9.30. The first-order valence-corrected chi connectivity index (χ1v) is 5.20. The third-order valence-electron chi connectivity index (χ3n) is 1.09. The standard InChI is InChI=1S/C6H2Br2O3S/c7-2-1-12-5(3(2)8)4(9)6(10)11/h1H,(H,10,11). The molecular weight excluding hydrogens is 312 g/mol. The van der Waals surface area contributed by atoms with Crippen LogP contribution >= 0.6 is 43.2 Å². The minimum absolute atomic E-state index is 0.203. The van der Waals surface area contributed by atoms with Crippen LogP contribution < -0.4 is 0 Å². The number of halogens is 2. The summed E-state index contributed by atoms with van der Waals surface area (Å²) >= 11 is 7.34. The largest absolute Gasteiger partial charge is 0.475 e. The Bertz CT molecular complexity index is 345. The topological polar surface area (TPSA) is 54.4 Å². The van der Waals surface area contributed by atoms with Crippen molar-refractivity contribution in [1.82, 2.24) is 0 Å². The summed E-state index contributed by atoms with van der Waals surface area (Å²) in [6.45, 7) is 0. The number of carbonyl (C=O) groups excluding carboxylic acids is 1. The van der Waals surface area contributed by atoms with Crippen molar-refractivity contribution in [3.63, 3.8) is 0 Å². The minimum Gasteiger partial charge on any atom is -0.475 e. The van der Waals surface area contributed by atoms with Gasteiger partial charge in [0.15, 0.2) is 0 Å². The Morgan fingerprint density at radius 1 is 1.42 bits per heavy atom. The van der Waals surface area contributed by atoms with Gasteiger partial charge in [-0.2, -0.15) is 0 Å². The monoisotopic (exact) mass is 312 g/mol. The fourth-order valence-electron chi connectivity index (χ4n) is 0.573. The van der Waals surface area contributed by atoms with Crippen LogP contribution in [-0.4, -0.2) is 16.9 Å². The van der Waals surface area contributed by atoms with Gasteiger partial charge in [0.2, 0.25) is 0 Å². The van der Waals surface area contributed by atoms with E-state index in [1.54, 1.807) is 5.38 Å². The molecule has 0 aliphatic rings. The number of carboxylic acid groups (broad SMARTS) is 1. The Morgan fingerprint density at radius 2 is 2.00 bits per heavy atom. The predicted octanol–water partition coefficient (Wildman–Crippen LogP) is 2.54. The zero-order valence-corrected chi connectivity index (χ0v) is 9.49. The summed E-state index contributed by atoms with van der Waals surface area (Å²) in [5.74, 6) is -2.33. The lowest BCUT2D eigenvalue weighted by Gasteiger charge is -1.90. The fraction of sp³-hybridized carbons (Fsp3) is 0. The van der Waals surface area contributed by atoms with Gasteiger partial charge in [-0.05, 0) is 31.9 Å². The van der Waals surface area contributed by atoms with E-state index in [9.17, 15) is 9.59 Å². The molecule has 6 heteroatoms. The Balaban J connectivity index is 3.12. The van der Waals surface area contributed by atoms with E-state index in [0.29, 0.717) is 8.95 Å². The number of aliphatic carboxylic acids is 1. The maximum atomic E-state index is 10.9. The van der Waals surface area contributed by atoms with Crippen molar-refractivity contribution in [2.75, 3.05) is 0 Å². The van der Waals surface area contributed by atoms with Gasteiger partial charge in [0.25, 0.3) is 5.78 Å². The average Bonchev–Trinajstić information content (AvgIpc) is 2.32. The van der Waals surface area contributed by atoms with E-state index in [1.165, 1.54) is 0 Å². The zero-order valence-electron chi connectivity index (χ0n) is 5.51. The van der Waals surface area contributed by atoms with Crippen molar-refractivity contribution >= 4 is 54.9 Å². The number of hydrogen-bond donors (Lipinski definition) is 1. The Hall–Kier alpha value is -0.200. The number of thiophene rings is 1. The van der Waals surface area contributed by atoms with Gasteiger partial charge in [0, 0.05) is 9.85 Å². The van der Waals surface area contributed by atoms with Crippen LogP contribution in [-0.2, 0) is 4.79 Å². The molecule has 1 aromatic heterocycles. The van der Waals surface area contributed by atoms with Crippen LogP contribution in [0.15, 0.2) is 14.3 Å². The summed E-state index contributed by atoms with van der Waals surface area (Å²) in [6, 6.07) is 0. The van der Waals surface area contributed by atoms with E-state index < -0.39 is 11.8 Å². The number of ketones is 1. The van der Waals surface area contributed by atoms with Crippen molar-refractivity contribution in [2.24, 2.45) is 0 Å². The van der Waals surface area contributed by atoms with Gasteiger partial charge in [-0.15, -0.1) is 11.3 Å². The summed E-state index contributed by atoms with van der Waals surface area (Å²) < 4.78 is 1.19. The summed E-state index contributed by atoms with van der Waals surface area (Å²) in [5.41, 5.74) is 0. The minimum atomic E-state index is -1.44. The van der Waals surface area contributed by atoms with E-state index in [2.05, 4.69) is 31.9 Å². The van der Waals surface area contributed by atoms with Gasteiger partial charge in [-0.25, -0.2) is 4.79 Å². The molecule has 12 heavy (non-hydrogen) atoms. The van der Waals surface area contributed by atoms with Crippen molar-refractivity contribution in [3.05, 3.63) is 19.2 Å². The van der Waals surface area contributed by atoms with E-state index in [0.717, 1.165) is 11.3 Å². The van der Waals surface area contributed by atoms with Crippen LogP contribution in [0, 0.1) is 0 Å². The third-order valence-corrected chi connectivity index (χ3v) is 4.62. The highest BCUT2D eigenvalue weighted by atomic mass is 79.9. The number of carbonyl (C=O) groups is 2. The fourth-order valence-corrected chi connectivity index (χ4v) is 2.66. The quantitative estimate of drug-likeness (QED) is 0.674. The molecule has 0 aromatic carbocycles. The normalized spacial score (nSPS) is 9.83. The highest BCUT2D eigenvalue weighted by Crippen LogP contribution is 2.32. The van der Waals surface area contributed by atoms with Crippen LogP contribution in [0.25, 0.3) is 0 Å². The van der Waals surface area contributed by atoms with Crippen LogP contribution in [0.1, 0.15) is 9.67 Å². The van der Waals surface area contributed by atoms with Crippen molar-refractivity contribution in [3.8, 4) is 0 Å². The Labute approximate surface area is 88.7 Å². The highest BCUT2D eigenvalue weighted by molar-refractivity contribution is 9.13. The molecule has 0 spiro atoms. The first-order chi connectivity index (χ1) is 5.54. The highest BCUT2D eigenvalue weighted by Gasteiger charge is 2.20. The summed E-state index contributed by atoms with van der Waals surface area (Å²) in [7, 11) is 0. The lowest BCUT2D eigenvalue weighted by Crippen LogP contribution is -2.11. The average molecular weight is 314 g/mol. The molecule has 0 saturated carbocycles. The molecule has 0 radical (unpaired) electrons. The van der Waals surface area contributed by atoms with Gasteiger partial charge >= 0.3 is 5.97 Å². The maximum Gasteiger partial charge on any atom is 0.378 e. The Kier molecular flexibility index (Phi) is 3.03. The molecule has 0 aliphatic heterocycles. The molecule has 0 amide bonds. The molecule has 1 rings (SSSR count). The predicted molar refractivity (Wildman–Crippen MR) is 51.7 cm³/mol. The maximum absolute atomic E-state index is 10.9. The molecule has 0 fully saturated rings. The van der Waals surface area contributed by atoms with Gasteiger partial charge in [-0.3, -0.25) is 4.79 Å². The van der Waals surface area contributed by atoms with Gasteiger partial charge in [-0.1, -0.05) is 0 Å². The molecule has 0 bridgehead atoms. The van der Waals surface area contributed by atoms with Crippen LogP contribution in [0.2, 0.25) is 0 Å². The summed E-state index contributed by atoms with van der Waals surface area (Å²) in [5, 5.41) is 10.0. The van der Waals surface area contributed by atoms with E-state index >= 15 is 0 Å². The van der Waals surface area contributed by atoms with Crippen LogP contribution in [0.3, 0.4) is 0 Å². The van der Waals surface area contributed by atoms with Gasteiger partial charge < -0.3 is 5.11 Å². The molecule has 3 nitrogen and oxygen atoms in total. The molecule has 0 atom stereocenters. The lowest BCUT2D eigenvalue weighted by atomic mass is 10.3. The molecule has 64 valence electrons. The summed E-state index contributed by atoms with van der Waals surface area (Å²) in [4.78, 5) is 21.4. The molecule has 1 aromatic rings. The first-order valence-electron chi connectivity index (χ1n) is 2.74. The number of rotatable bonds is 2. The smallest absolute Gasteiger partial charge is 0.378 e. The first kappa shape index (κ1) is 9.88. The lowest BCUT2D eigenvalue weighted by molar-refractivity contribution is -0.131. The second kappa shape index (κ2) is 3.67. The Morgan fingerprint density at radius 3 is 2.33 bits per heavy atom. The number of Topliss-reactive ketones (excluding diaryl/α,β-unsaturated/α-hetero) is 1. The molecule has 0 aliphatic carbocycles. The summed E-state index contributed by atoms with van der Waals surface area (Å²) in [6.07, 6.45) is 0. The number of hydrogen-bond acceptors (Lipinski definition) is 3. The second-order valence-electron chi connectivity index (χ2n) is 1.86. The second-order valence-corrected chi connectivity index (χ2v) is 4.39. The SMILES string of the molecule is O=C(O)C(=O)c1scc(Br)c1Br. The van der Waals surface area contributed by atoms with Crippen molar-refractivity contribution in [2.45, 2.75) is 0 Å². The van der Waals surface area contributed by atoms with Crippen molar-refractivity contribution < 1.29 is 14.7 Å². The number of carboxylic acids is 1. The molecule has 1 N–H and O–H groups in total. The molecular formula is C6H2Br2O3S. The van der Waals surface area contributed by atoms with Crippen LogP contribution in [0.4, 0.5) is 0 Å². The van der Waals surface area contributed by atoms with Crippen molar-refractivity contribution in [1.29, 1.82) is 0 Å². The molecule has 0 unspecified atom stereocenters. The third kappa shape index (κ3) is 1.75. The van der Waals surface area contributed by atoms with Gasteiger partial charge in [0.05, 0.1) is 9.35 Å². The van der Waals surface area contributed by atoms with Gasteiger partial charge in [0.1, 0.15) is 0 Å². The van der Waals surface area contributed by atoms with E-state index in [1.807, 2.05) is 0 Å².